The van der Waals surface area contributed by atoms with Crippen molar-refractivity contribution in [3.63, 3.8) is 0 Å². The van der Waals surface area contributed by atoms with E-state index in [2.05, 4.69) is 31.3 Å². The van der Waals surface area contributed by atoms with Crippen molar-refractivity contribution in [1.82, 2.24) is 5.32 Å². The highest BCUT2D eigenvalue weighted by atomic mass is 16.5. The van der Waals surface area contributed by atoms with Crippen LogP contribution in [-0.2, 0) is 14.3 Å². The molecule has 0 aliphatic heterocycles. The minimum absolute atomic E-state index is 0.0165. The van der Waals surface area contributed by atoms with E-state index in [1.165, 1.54) is 257 Å². The first-order valence-electron chi connectivity index (χ1n) is 32.4. The van der Waals surface area contributed by atoms with Crippen LogP contribution in [0.25, 0.3) is 0 Å². The molecule has 6 nitrogen and oxygen atoms in total. The van der Waals surface area contributed by atoms with Crippen LogP contribution in [0.15, 0.2) is 12.2 Å². The molecule has 0 aromatic rings. The molecule has 0 heterocycles. The van der Waals surface area contributed by atoms with Gasteiger partial charge in [-0.25, -0.2) is 0 Å². The summed E-state index contributed by atoms with van der Waals surface area (Å²) in [5, 5.41) is 23.4. The van der Waals surface area contributed by atoms with Gasteiger partial charge in [0.15, 0.2) is 0 Å². The van der Waals surface area contributed by atoms with Crippen molar-refractivity contribution in [1.29, 1.82) is 0 Å². The summed E-state index contributed by atoms with van der Waals surface area (Å²) >= 11 is 0. The number of nitrogens with one attached hydrogen (secondary N) is 1. The van der Waals surface area contributed by atoms with Crippen molar-refractivity contribution in [3.05, 3.63) is 12.2 Å². The van der Waals surface area contributed by atoms with Gasteiger partial charge in [-0.3, -0.25) is 9.59 Å². The second-order valence-corrected chi connectivity index (χ2v) is 22.5. The van der Waals surface area contributed by atoms with Gasteiger partial charge in [-0.2, -0.15) is 0 Å². The van der Waals surface area contributed by atoms with Gasteiger partial charge in [0.25, 0.3) is 0 Å². The lowest BCUT2D eigenvalue weighted by Crippen LogP contribution is -2.45. The number of ether oxygens (including phenoxy) is 1. The van der Waals surface area contributed by atoms with Gasteiger partial charge in [-0.1, -0.05) is 309 Å². The van der Waals surface area contributed by atoms with Gasteiger partial charge in [0.05, 0.1) is 25.4 Å². The number of esters is 1. The fourth-order valence-electron chi connectivity index (χ4n) is 10.3. The molecule has 0 spiro atoms. The zero-order chi connectivity index (χ0) is 51.4. The van der Waals surface area contributed by atoms with E-state index >= 15 is 0 Å². The second-order valence-electron chi connectivity index (χ2n) is 22.5. The molecule has 71 heavy (non-hydrogen) atoms. The molecule has 422 valence electrons. The zero-order valence-corrected chi connectivity index (χ0v) is 48.2. The normalized spacial score (nSPS) is 12.6. The Bertz CT molecular complexity index is 1060. The van der Waals surface area contributed by atoms with Crippen LogP contribution >= 0.6 is 0 Å². The molecular formula is C65H127NO5. The van der Waals surface area contributed by atoms with Gasteiger partial charge in [-0.05, 0) is 57.8 Å². The Labute approximate surface area is 444 Å². The number of aliphatic hydroxyl groups is 2. The summed E-state index contributed by atoms with van der Waals surface area (Å²) in [4.78, 5) is 24.6. The van der Waals surface area contributed by atoms with Crippen molar-refractivity contribution >= 4 is 11.9 Å². The second kappa shape index (κ2) is 61.1. The van der Waals surface area contributed by atoms with E-state index in [0.717, 1.165) is 77.0 Å². The standard InChI is InChI=1S/C65H127NO5/c1-3-5-7-9-11-13-15-17-19-21-23-24-25-26-28-29-31-33-37-41-45-49-53-57-63(68)62(61-67)66-64(69)58-54-50-46-42-38-35-36-40-44-48-52-56-60-71-65(70)59-55-51-47-43-39-34-32-30-27-22-20-18-16-14-12-10-8-6-4-2/h36,40,62-63,67-68H,3-35,37-39,41-61H2,1-2H3,(H,66,69)/b40-36-. The Kier molecular flexibility index (Phi) is 59.9. The molecule has 0 aliphatic carbocycles. The van der Waals surface area contributed by atoms with Crippen LogP contribution in [0.1, 0.15) is 367 Å². The van der Waals surface area contributed by atoms with Crippen LogP contribution in [0.5, 0.6) is 0 Å². The highest BCUT2D eigenvalue weighted by molar-refractivity contribution is 5.76. The molecule has 6 heteroatoms. The van der Waals surface area contributed by atoms with Crippen LogP contribution in [-0.4, -0.2) is 47.4 Å². The molecule has 0 radical (unpaired) electrons. The summed E-state index contributed by atoms with van der Waals surface area (Å²) < 4.78 is 5.48. The van der Waals surface area contributed by atoms with E-state index in [-0.39, 0.29) is 18.5 Å². The predicted molar refractivity (Wildman–Crippen MR) is 310 cm³/mol. The maximum Gasteiger partial charge on any atom is 0.305 e. The number of rotatable bonds is 61. The smallest absolute Gasteiger partial charge is 0.305 e. The Morgan fingerprint density at radius 3 is 1.00 bits per heavy atom. The SMILES string of the molecule is CCCCCCCCCCCCCCCCCCCCCCCCCC(O)C(CO)NC(=O)CCCCCCC/C=C\CCCCCOC(=O)CCCCCCCCCCCCCCCCCCCCC. The van der Waals surface area contributed by atoms with Gasteiger partial charge in [0.2, 0.25) is 5.91 Å². The van der Waals surface area contributed by atoms with E-state index < -0.39 is 12.1 Å². The lowest BCUT2D eigenvalue weighted by atomic mass is 10.0. The van der Waals surface area contributed by atoms with E-state index in [1.807, 2.05) is 0 Å². The lowest BCUT2D eigenvalue weighted by Gasteiger charge is -2.22. The third kappa shape index (κ3) is 57.7. The van der Waals surface area contributed by atoms with Crippen molar-refractivity contribution in [3.8, 4) is 0 Å². The van der Waals surface area contributed by atoms with E-state index in [0.29, 0.717) is 25.9 Å². The first-order valence-corrected chi connectivity index (χ1v) is 32.4. The molecule has 0 aromatic heterocycles. The molecule has 0 aromatic carbocycles. The van der Waals surface area contributed by atoms with Crippen molar-refractivity contribution in [2.45, 2.75) is 379 Å². The number of aliphatic hydroxyl groups excluding tert-OH is 2. The van der Waals surface area contributed by atoms with Crippen molar-refractivity contribution < 1.29 is 24.5 Å². The number of hydrogen-bond acceptors (Lipinski definition) is 5. The largest absolute Gasteiger partial charge is 0.466 e. The molecule has 0 rings (SSSR count). The third-order valence-electron chi connectivity index (χ3n) is 15.3. The van der Waals surface area contributed by atoms with Crippen molar-refractivity contribution in [2.24, 2.45) is 0 Å². The molecule has 1 amide bonds. The van der Waals surface area contributed by atoms with E-state index in [1.54, 1.807) is 0 Å². The molecule has 0 saturated carbocycles. The minimum Gasteiger partial charge on any atom is -0.466 e. The summed E-state index contributed by atoms with van der Waals surface area (Å²) in [6, 6.07) is -0.561. The average Bonchev–Trinajstić information content (AvgIpc) is 3.37. The van der Waals surface area contributed by atoms with Crippen LogP contribution in [0, 0.1) is 0 Å². The summed E-state index contributed by atoms with van der Waals surface area (Å²) in [5.41, 5.74) is 0. The first-order chi connectivity index (χ1) is 35.0. The Hall–Kier alpha value is -1.40. The number of amides is 1. The number of carbonyl (C=O) groups excluding carboxylic acids is 2. The summed E-state index contributed by atoms with van der Waals surface area (Å²) in [5.74, 6) is -0.0724. The third-order valence-corrected chi connectivity index (χ3v) is 15.3. The topological polar surface area (TPSA) is 95.9 Å². The first kappa shape index (κ1) is 69.6. The molecule has 0 bridgehead atoms. The average molecular weight is 1000 g/mol. The van der Waals surface area contributed by atoms with Crippen molar-refractivity contribution in [2.75, 3.05) is 13.2 Å². The van der Waals surface area contributed by atoms with Gasteiger partial charge < -0.3 is 20.3 Å². The Balaban J connectivity index is 3.45. The van der Waals surface area contributed by atoms with Gasteiger partial charge >= 0.3 is 5.97 Å². The molecule has 3 N–H and O–H groups in total. The van der Waals surface area contributed by atoms with Gasteiger partial charge in [0, 0.05) is 12.8 Å². The Morgan fingerprint density at radius 1 is 0.380 bits per heavy atom. The summed E-state index contributed by atoms with van der Waals surface area (Å²) in [6.07, 6.45) is 73.7. The summed E-state index contributed by atoms with van der Waals surface area (Å²) in [6.45, 7) is 4.94. The molecule has 2 unspecified atom stereocenters. The molecular weight excluding hydrogens is 875 g/mol. The van der Waals surface area contributed by atoms with Crippen LogP contribution < -0.4 is 5.32 Å². The van der Waals surface area contributed by atoms with Crippen LogP contribution in [0.4, 0.5) is 0 Å². The zero-order valence-electron chi connectivity index (χ0n) is 48.2. The molecule has 0 aliphatic rings. The lowest BCUT2D eigenvalue weighted by molar-refractivity contribution is -0.143. The van der Waals surface area contributed by atoms with Gasteiger partial charge in [0.1, 0.15) is 0 Å². The van der Waals surface area contributed by atoms with Crippen LogP contribution in [0.2, 0.25) is 0 Å². The number of unbranched alkanes of at least 4 members (excludes halogenated alkanes) is 48. The highest BCUT2D eigenvalue weighted by Gasteiger charge is 2.20. The maximum absolute atomic E-state index is 12.5. The fraction of sp³-hybridized carbons (Fsp3) is 0.938. The van der Waals surface area contributed by atoms with E-state index in [4.69, 9.17) is 4.74 Å². The number of carbonyl (C=O) groups is 2. The maximum atomic E-state index is 12.5. The van der Waals surface area contributed by atoms with E-state index in [9.17, 15) is 19.8 Å². The predicted octanol–water partition coefficient (Wildman–Crippen LogP) is 20.4. The molecule has 0 fully saturated rings. The fourth-order valence-corrected chi connectivity index (χ4v) is 10.3. The molecule has 2 atom stereocenters. The van der Waals surface area contributed by atoms with Gasteiger partial charge in [-0.15, -0.1) is 0 Å². The quantitative estimate of drug-likeness (QED) is 0.0320. The monoisotopic (exact) mass is 1000 g/mol. The molecule has 0 saturated heterocycles. The van der Waals surface area contributed by atoms with Crippen LogP contribution in [0.3, 0.4) is 0 Å². The minimum atomic E-state index is -0.681. The Morgan fingerprint density at radius 2 is 0.662 bits per heavy atom. The number of hydrogen-bond donors (Lipinski definition) is 3. The highest BCUT2D eigenvalue weighted by Crippen LogP contribution is 2.19. The number of allylic oxidation sites excluding steroid dienone is 2. The summed E-state index contributed by atoms with van der Waals surface area (Å²) in [7, 11) is 0.